The summed E-state index contributed by atoms with van der Waals surface area (Å²) in [6.45, 7) is 0. The van der Waals surface area contributed by atoms with Crippen LogP contribution in [0.3, 0.4) is 0 Å². The highest BCUT2D eigenvalue weighted by molar-refractivity contribution is 7.83. The van der Waals surface area contributed by atoms with Gasteiger partial charge in [0.25, 0.3) is 0 Å². The van der Waals surface area contributed by atoms with Crippen molar-refractivity contribution in [3.05, 3.63) is 23.2 Å². The fraction of sp³-hybridized carbons (Fsp3) is 0. The van der Waals surface area contributed by atoms with Gasteiger partial charge in [0, 0.05) is 11.1 Å². The van der Waals surface area contributed by atoms with Crippen LogP contribution in [0.25, 0.3) is 10.1 Å². The maximum Gasteiger partial charge on any atom is 0.0586 e. The minimum absolute atomic E-state index is 0.740. The summed E-state index contributed by atoms with van der Waals surface area (Å²) >= 11 is 11.8. The molecule has 0 aliphatic rings. The molecule has 0 aliphatic heterocycles. The number of anilines is 1. The SMILES string of the molecule is Nc1ccc(Cl)c2sc(S)cc12. The Hall–Kier alpha value is -0.380. The first-order valence-corrected chi connectivity index (χ1v) is 4.99. The molecule has 2 N–H and O–H groups in total. The Labute approximate surface area is 84.6 Å². The molecule has 1 aromatic carbocycles. The lowest BCUT2D eigenvalue weighted by Gasteiger charge is -1.96. The number of halogens is 1. The van der Waals surface area contributed by atoms with E-state index in [0.717, 1.165) is 25.0 Å². The van der Waals surface area contributed by atoms with Gasteiger partial charge in [0.1, 0.15) is 0 Å². The zero-order valence-corrected chi connectivity index (χ0v) is 8.51. The van der Waals surface area contributed by atoms with Gasteiger partial charge in [-0.1, -0.05) is 11.6 Å². The molecule has 0 radical (unpaired) electrons. The minimum Gasteiger partial charge on any atom is -0.398 e. The summed E-state index contributed by atoms with van der Waals surface area (Å²) in [6.07, 6.45) is 0. The van der Waals surface area contributed by atoms with Crippen LogP contribution in [-0.2, 0) is 0 Å². The topological polar surface area (TPSA) is 26.0 Å². The molecule has 1 heterocycles. The predicted octanol–water partition coefficient (Wildman–Crippen LogP) is 3.43. The van der Waals surface area contributed by atoms with E-state index in [2.05, 4.69) is 12.6 Å². The van der Waals surface area contributed by atoms with Crippen LogP contribution in [0.4, 0.5) is 5.69 Å². The van der Waals surface area contributed by atoms with E-state index in [1.807, 2.05) is 18.2 Å². The summed E-state index contributed by atoms with van der Waals surface area (Å²) < 4.78 is 1.95. The van der Waals surface area contributed by atoms with Crippen LogP contribution in [-0.4, -0.2) is 0 Å². The number of hydrogen-bond donors (Lipinski definition) is 2. The van der Waals surface area contributed by atoms with E-state index in [9.17, 15) is 0 Å². The minimum atomic E-state index is 0.740. The standard InChI is InChI=1S/C8H6ClNS2/c9-5-1-2-6(10)4-3-7(11)12-8(4)5/h1-3,11H,10H2. The molecule has 0 bridgehead atoms. The zero-order chi connectivity index (χ0) is 8.72. The molecule has 0 saturated heterocycles. The summed E-state index contributed by atoms with van der Waals surface area (Å²) in [5.41, 5.74) is 6.51. The molecule has 0 unspecified atom stereocenters. The Morgan fingerprint density at radius 1 is 1.42 bits per heavy atom. The Bertz CT molecular complexity index is 397. The van der Waals surface area contributed by atoms with E-state index in [1.54, 1.807) is 11.3 Å². The van der Waals surface area contributed by atoms with Crippen molar-refractivity contribution in [2.75, 3.05) is 5.73 Å². The number of thiol groups is 1. The van der Waals surface area contributed by atoms with Crippen molar-refractivity contribution < 1.29 is 0 Å². The van der Waals surface area contributed by atoms with Crippen LogP contribution in [0.1, 0.15) is 0 Å². The van der Waals surface area contributed by atoms with Crippen LogP contribution >= 0.6 is 35.6 Å². The fourth-order valence-corrected chi connectivity index (χ4v) is 2.62. The summed E-state index contributed by atoms with van der Waals surface area (Å²) in [6, 6.07) is 5.55. The van der Waals surface area contributed by atoms with E-state index in [4.69, 9.17) is 17.3 Å². The van der Waals surface area contributed by atoms with Gasteiger partial charge in [-0.2, -0.15) is 0 Å². The Kier molecular flexibility index (Phi) is 1.94. The van der Waals surface area contributed by atoms with Crippen LogP contribution < -0.4 is 5.73 Å². The largest absolute Gasteiger partial charge is 0.398 e. The second-order valence-electron chi connectivity index (χ2n) is 2.46. The molecule has 12 heavy (non-hydrogen) atoms. The van der Waals surface area contributed by atoms with Gasteiger partial charge in [0.05, 0.1) is 13.9 Å². The average Bonchev–Trinajstić information content (AvgIpc) is 2.41. The number of rotatable bonds is 0. The molecule has 0 aliphatic carbocycles. The van der Waals surface area contributed by atoms with Crippen LogP contribution in [0, 0.1) is 0 Å². The molecule has 4 heteroatoms. The highest BCUT2D eigenvalue weighted by Crippen LogP contribution is 2.36. The number of benzene rings is 1. The van der Waals surface area contributed by atoms with Crippen LogP contribution in [0.2, 0.25) is 5.02 Å². The predicted molar refractivity (Wildman–Crippen MR) is 58.5 cm³/mol. The molecule has 1 aromatic heterocycles. The van der Waals surface area contributed by atoms with Crippen molar-refractivity contribution in [2.45, 2.75) is 4.21 Å². The monoisotopic (exact) mass is 215 g/mol. The molecule has 1 nitrogen and oxygen atoms in total. The average molecular weight is 216 g/mol. The van der Waals surface area contributed by atoms with E-state index in [0.29, 0.717) is 0 Å². The first kappa shape index (κ1) is 8.23. The van der Waals surface area contributed by atoms with Crippen molar-refractivity contribution in [1.82, 2.24) is 0 Å². The Balaban J connectivity index is 2.93. The molecule has 0 fully saturated rings. The van der Waals surface area contributed by atoms with E-state index in [-0.39, 0.29) is 0 Å². The van der Waals surface area contributed by atoms with Crippen LogP contribution in [0.5, 0.6) is 0 Å². The normalized spacial score (nSPS) is 10.8. The number of fused-ring (bicyclic) bond motifs is 1. The molecule has 0 spiro atoms. The van der Waals surface area contributed by atoms with Gasteiger partial charge in [-0.05, 0) is 18.2 Å². The van der Waals surface area contributed by atoms with Crippen LogP contribution in [0.15, 0.2) is 22.4 Å². The third-order valence-corrected chi connectivity index (χ3v) is 3.46. The highest BCUT2D eigenvalue weighted by Gasteiger charge is 2.05. The van der Waals surface area contributed by atoms with Crippen molar-refractivity contribution in [1.29, 1.82) is 0 Å². The lowest BCUT2D eigenvalue weighted by atomic mass is 10.2. The smallest absolute Gasteiger partial charge is 0.0586 e. The van der Waals surface area contributed by atoms with Gasteiger partial charge in [0.2, 0.25) is 0 Å². The Morgan fingerprint density at radius 2 is 2.17 bits per heavy atom. The summed E-state index contributed by atoms with van der Waals surface area (Å²) in [4.78, 5) is 0. The van der Waals surface area contributed by atoms with Gasteiger partial charge >= 0.3 is 0 Å². The van der Waals surface area contributed by atoms with Gasteiger partial charge in [-0.25, -0.2) is 0 Å². The molecule has 2 rings (SSSR count). The molecule has 0 saturated carbocycles. The van der Waals surface area contributed by atoms with Gasteiger partial charge < -0.3 is 5.73 Å². The van der Waals surface area contributed by atoms with E-state index >= 15 is 0 Å². The number of thiophene rings is 1. The van der Waals surface area contributed by atoms with Crippen molar-refractivity contribution in [2.24, 2.45) is 0 Å². The summed E-state index contributed by atoms with van der Waals surface area (Å²) in [7, 11) is 0. The molecular weight excluding hydrogens is 210 g/mol. The first-order chi connectivity index (χ1) is 5.68. The maximum atomic E-state index is 5.96. The zero-order valence-electron chi connectivity index (χ0n) is 6.04. The van der Waals surface area contributed by atoms with Gasteiger partial charge in [-0.15, -0.1) is 24.0 Å². The van der Waals surface area contributed by atoms with E-state index < -0.39 is 0 Å². The third kappa shape index (κ3) is 1.18. The second kappa shape index (κ2) is 2.83. The number of nitrogens with two attached hydrogens (primary N) is 1. The number of nitrogen functional groups attached to an aromatic ring is 1. The summed E-state index contributed by atoms with van der Waals surface area (Å²) in [5, 5.41) is 1.74. The summed E-state index contributed by atoms with van der Waals surface area (Å²) in [5.74, 6) is 0. The molecule has 2 aromatic rings. The molecule has 0 amide bonds. The molecule has 0 atom stereocenters. The Morgan fingerprint density at radius 3 is 2.83 bits per heavy atom. The van der Waals surface area contributed by atoms with E-state index in [1.165, 1.54) is 0 Å². The maximum absolute atomic E-state index is 5.96. The quantitative estimate of drug-likeness (QED) is 0.511. The van der Waals surface area contributed by atoms with Gasteiger partial charge in [0.15, 0.2) is 0 Å². The van der Waals surface area contributed by atoms with Gasteiger partial charge in [-0.3, -0.25) is 0 Å². The van der Waals surface area contributed by atoms with Crippen molar-refractivity contribution in [3.63, 3.8) is 0 Å². The fourth-order valence-electron chi connectivity index (χ4n) is 1.10. The van der Waals surface area contributed by atoms with Crippen molar-refractivity contribution >= 4 is 51.3 Å². The van der Waals surface area contributed by atoms with Crippen molar-refractivity contribution in [3.8, 4) is 0 Å². The lowest BCUT2D eigenvalue weighted by molar-refractivity contribution is 1.75. The highest BCUT2D eigenvalue weighted by atomic mass is 35.5. The second-order valence-corrected chi connectivity index (χ2v) is 4.71. The molecule has 62 valence electrons. The number of hydrogen-bond acceptors (Lipinski definition) is 3. The lowest BCUT2D eigenvalue weighted by Crippen LogP contribution is -1.83. The molecular formula is C8H6ClNS2. The third-order valence-electron chi connectivity index (χ3n) is 1.66. The first-order valence-electron chi connectivity index (χ1n) is 3.35.